The number of carbonyl (C=O) groups is 1. The number of phenolic OH excluding ortho intramolecular Hbond substituents is 2. The van der Waals surface area contributed by atoms with E-state index in [1.807, 2.05) is 55.5 Å². The number of hydrogen-bond donors (Lipinski definition) is 2. The van der Waals surface area contributed by atoms with Crippen molar-refractivity contribution < 1.29 is 24.6 Å². The molecule has 2 aromatic rings. The van der Waals surface area contributed by atoms with Gasteiger partial charge in [-0.25, -0.2) is 4.79 Å². The molecule has 3 rings (SSSR count). The normalized spacial score (nSPS) is 20.7. The summed E-state index contributed by atoms with van der Waals surface area (Å²) in [6.45, 7) is 4.02. The molecule has 7 heteroatoms. The van der Waals surface area contributed by atoms with Gasteiger partial charge in [0.1, 0.15) is 29.8 Å². The van der Waals surface area contributed by atoms with Crippen molar-refractivity contribution in [2.24, 2.45) is 11.1 Å². The number of halogens is 1. The van der Waals surface area contributed by atoms with Gasteiger partial charge in [-0.05, 0) is 37.0 Å². The number of allylic oxidation sites excluding steroid dienone is 3. The second kappa shape index (κ2) is 11.6. The lowest BCUT2D eigenvalue weighted by molar-refractivity contribution is 0.0262. The van der Waals surface area contributed by atoms with E-state index >= 15 is 0 Å². The van der Waals surface area contributed by atoms with E-state index in [0.717, 1.165) is 24.5 Å². The predicted molar refractivity (Wildman–Crippen MR) is 129 cm³/mol. The van der Waals surface area contributed by atoms with Crippen LogP contribution in [0, 0.1) is 5.92 Å². The van der Waals surface area contributed by atoms with Gasteiger partial charge in [-0.15, -0.1) is 0 Å². The van der Waals surface area contributed by atoms with Crippen molar-refractivity contribution in [1.82, 2.24) is 0 Å². The van der Waals surface area contributed by atoms with Crippen LogP contribution in [0.3, 0.4) is 0 Å². The van der Waals surface area contributed by atoms with Gasteiger partial charge >= 0.3 is 5.97 Å². The van der Waals surface area contributed by atoms with Gasteiger partial charge in [-0.2, -0.15) is 0 Å². The standard InChI is InChI=1S/C26H28ClNO5/c1-17-10-6-3-4-9-13-20(28-32-16-19-11-7-5-8-12-19)14-21-24(26(31)33-18(17)2)22(29)15-23(30)25(21)27/h5-13,15,17-18,29-30H,3-4,14,16H2,1-2H3/t17-,18+/m0/s1. The molecule has 33 heavy (non-hydrogen) atoms. The molecule has 0 bridgehead atoms. The first-order chi connectivity index (χ1) is 15.9. The Morgan fingerprint density at radius 3 is 2.61 bits per heavy atom. The Hall–Kier alpha value is -3.25. The summed E-state index contributed by atoms with van der Waals surface area (Å²) in [6.07, 6.45) is 9.03. The van der Waals surface area contributed by atoms with Crippen molar-refractivity contribution in [2.45, 2.75) is 45.8 Å². The molecule has 2 aromatic carbocycles. The second-order valence-electron chi connectivity index (χ2n) is 7.98. The van der Waals surface area contributed by atoms with Crippen molar-refractivity contribution in [2.75, 3.05) is 0 Å². The number of benzene rings is 2. The predicted octanol–water partition coefficient (Wildman–Crippen LogP) is 5.95. The van der Waals surface area contributed by atoms with Gasteiger partial charge < -0.3 is 19.8 Å². The molecule has 0 saturated heterocycles. The fourth-order valence-electron chi connectivity index (χ4n) is 3.36. The summed E-state index contributed by atoms with van der Waals surface area (Å²) in [6, 6.07) is 10.6. The third-order valence-electron chi connectivity index (χ3n) is 5.42. The molecule has 0 saturated carbocycles. The van der Waals surface area contributed by atoms with Gasteiger partial charge in [0, 0.05) is 18.4 Å². The molecule has 174 valence electrons. The van der Waals surface area contributed by atoms with Crippen molar-refractivity contribution in [1.29, 1.82) is 0 Å². The summed E-state index contributed by atoms with van der Waals surface area (Å²) in [7, 11) is 0. The Labute approximate surface area is 198 Å². The van der Waals surface area contributed by atoms with Crippen LogP contribution in [-0.2, 0) is 22.6 Å². The highest BCUT2D eigenvalue weighted by atomic mass is 35.5. The zero-order chi connectivity index (χ0) is 23.8. The summed E-state index contributed by atoms with van der Waals surface area (Å²) < 4.78 is 5.60. The van der Waals surface area contributed by atoms with E-state index in [2.05, 4.69) is 5.16 Å². The van der Waals surface area contributed by atoms with E-state index in [9.17, 15) is 15.0 Å². The lowest BCUT2D eigenvalue weighted by Gasteiger charge is -2.20. The highest BCUT2D eigenvalue weighted by Gasteiger charge is 2.26. The van der Waals surface area contributed by atoms with Crippen LogP contribution in [0.1, 0.15) is 48.2 Å². The molecule has 0 amide bonds. The van der Waals surface area contributed by atoms with Crippen LogP contribution in [0.25, 0.3) is 0 Å². The Bertz CT molecular complexity index is 1060. The first kappa shape index (κ1) is 24.4. The van der Waals surface area contributed by atoms with E-state index in [-0.39, 0.29) is 40.8 Å². The molecule has 1 aliphatic heterocycles. The lowest BCUT2D eigenvalue weighted by Crippen LogP contribution is -2.22. The minimum absolute atomic E-state index is 0.0115. The molecular weight excluding hydrogens is 442 g/mol. The number of fused-ring (bicyclic) bond motifs is 1. The molecule has 0 spiro atoms. The molecule has 0 fully saturated rings. The van der Waals surface area contributed by atoms with E-state index < -0.39 is 17.8 Å². The molecule has 1 heterocycles. The maximum atomic E-state index is 13.0. The number of hydrogen-bond acceptors (Lipinski definition) is 6. The Kier molecular flexibility index (Phi) is 8.55. The summed E-state index contributed by atoms with van der Waals surface area (Å²) >= 11 is 6.36. The Morgan fingerprint density at radius 1 is 1.12 bits per heavy atom. The number of phenols is 2. The van der Waals surface area contributed by atoms with Crippen LogP contribution in [0.4, 0.5) is 0 Å². The van der Waals surface area contributed by atoms with E-state index in [0.29, 0.717) is 5.71 Å². The zero-order valence-electron chi connectivity index (χ0n) is 18.7. The van der Waals surface area contributed by atoms with Gasteiger partial charge in [-0.3, -0.25) is 0 Å². The highest BCUT2D eigenvalue weighted by molar-refractivity contribution is 6.33. The maximum Gasteiger partial charge on any atom is 0.342 e. The molecule has 2 N–H and O–H groups in total. The molecule has 2 atom stereocenters. The number of carbonyl (C=O) groups excluding carboxylic acids is 1. The van der Waals surface area contributed by atoms with Crippen LogP contribution in [0.15, 0.2) is 65.9 Å². The van der Waals surface area contributed by atoms with Crippen molar-refractivity contribution in [3.8, 4) is 11.5 Å². The minimum Gasteiger partial charge on any atom is -0.507 e. The fraction of sp³-hybridized carbons (Fsp3) is 0.308. The molecular formula is C26H28ClNO5. The molecule has 0 aliphatic carbocycles. The zero-order valence-corrected chi connectivity index (χ0v) is 19.5. The number of rotatable bonds is 3. The Morgan fingerprint density at radius 2 is 1.85 bits per heavy atom. The Balaban J connectivity index is 1.99. The average molecular weight is 470 g/mol. The van der Waals surface area contributed by atoms with Gasteiger partial charge in [0.05, 0.1) is 10.7 Å². The molecule has 0 aromatic heterocycles. The molecule has 0 radical (unpaired) electrons. The number of aromatic hydroxyl groups is 2. The van der Waals surface area contributed by atoms with Crippen LogP contribution in [0.5, 0.6) is 11.5 Å². The molecule has 6 nitrogen and oxygen atoms in total. The number of ether oxygens (including phenoxy) is 1. The third kappa shape index (κ3) is 6.62. The summed E-state index contributed by atoms with van der Waals surface area (Å²) in [4.78, 5) is 18.5. The van der Waals surface area contributed by atoms with Crippen LogP contribution >= 0.6 is 11.6 Å². The summed E-state index contributed by atoms with van der Waals surface area (Å²) in [5.74, 6) is -1.47. The minimum atomic E-state index is -0.720. The van der Waals surface area contributed by atoms with Crippen LogP contribution in [0.2, 0.25) is 5.02 Å². The summed E-state index contributed by atoms with van der Waals surface area (Å²) in [5, 5.41) is 24.8. The first-order valence-corrected chi connectivity index (χ1v) is 11.2. The largest absolute Gasteiger partial charge is 0.507 e. The lowest BCUT2D eigenvalue weighted by atomic mass is 9.98. The highest BCUT2D eigenvalue weighted by Crippen LogP contribution is 2.37. The van der Waals surface area contributed by atoms with E-state index in [1.54, 1.807) is 13.0 Å². The SMILES string of the molecule is C[C@H]1C=CCCC=CC(=NOCc2ccccc2)Cc2c(Cl)c(O)cc(O)c2C(=O)O[C@@H]1C. The fourth-order valence-corrected chi connectivity index (χ4v) is 3.57. The topological polar surface area (TPSA) is 88.4 Å². The maximum absolute atomic E-state index is 13.0. The number of cyclic esters (lactones) is 1. The van der Waals surface area contributed by atoms with Crippen molar-refractivity contribution >= 4 is 23.3 Å². The smallest absolute Gasteiger partial charge is 0.342 e. The number of oxime groups is 1. The first-order valence-electron chi connectivity index (χ1n) is 10.9. The van der Waals surface area contributed by atoms with Gasteiger partial charge in [0.15, 0.2) is 0 Å². The van der Waals surface area contributed by atoms with E-state index in [1.165, 1.54) is 0 Å². The van der Waals surface area contributed by atoms with Crippen LogP contribution < -0.4 is 0 Å². The average Bonchev–Trinajstić information content (AvgIpc) is 2.79. The third-order valence-corrected chi connectivity index (χ3v) is 5.84. The second-order valence-corrected chi connectivity index (χ2v) is 8.36. The van der Waals surface area contributed by atoms with Crippen molar-refractivity contribution in [3.63, 3.8) is 0 Å². The van der Waals surface area contributed by atoms with Crippen LogP contribution in [-0.4, -0.2) is 28.0 Å². The van der Waals surface area contributed by atoms with Gasteiger partial charge in [0.2, 0.25) is 0 Å². The quantitative estimate of drug-likeness (QED) is 0.329. The van der Waals surface area contributed by atoms with Gasteiger partial charge in [0.25, 0.3) is 0 Å². The number of nitrogens with zero attached hydrogens (tertiary/aromatic N) is 1. The molecule has 1 aliphatic rings. The van der Waals surface area contributed by atoms with E-state index in [4.69, 9.17) is 21.2 Å². The van der Waals surface area contributed by atoms with Gasteiger partial charge in [-0.1, -0.05) is 72.2 Å². The van der Waals surface area contributed by atoms with Crippen molar-refractivity contribution in [3.05, 3.63) is 82.4 Å². The monoisotopic (exact) mass is 469 g/mol. The summed E-state index contributed by atoms with van der Waals surface area (Å²) in [5.41, 5.74) is 1.56. The molecule has 0 unspecified atom stereocenters. The number of esters is 1.